The van der Waals surface area contributed by atoms with Crippen molar-refractivity contribution in [2.24, 2.45) is 10.9 Å². The molecule has 0 aromatic rings. The Balaban J connectivity index is 2.55. The first-order chi connectivity index (χ1) is 6.69. The van der Waals surface area contributed by atoms with Gasteiger partial charge in [-0.3, -0.25) is 4.99 Å². The maximum atomic E-state index is 4.25. The summed E-state index contributed by atoms with van der Waals surface area (Å²) in [7, 11) is 3.78. The highest BCUT2D eigenvalue weighted by molar-refractivity contribution is 8.00. The van der Waals surface area contributed by atoms with E-state index >= 15 is 0 Å². The van der Waals surface area contributed by atoms with Crippen LogP contribution in [-0.2, 0) is 0 Å². The topological polar surface area (TPSA) is 27.6 Å². The predicted molar refractivity (Wildman–Crippen MR) is 65.1 cm³/mol. The molecule has 0 aromatic carbocycles. The summed E-state index contributed by atoms with van der Waals surface area (Å²) in [6.07, 6.45) is 0. The SMILES string of the molecule is CN=C(NC)N1CCSC(C(C)C)C1. The fraction of sp³-hybridized carbons (Fsp3) is 0.900. The minimum atomic E-state index is 0.744. The van der Waals surface area contributed by atoms with Crippen LogP contribution in [-0.4, -0.2) is 49.0 Å². The quantitative estimate of drug-likeness (QED) is 0.527. The van der Waals surface area contributed by atoms with Crippen molar-refractivity contribution in [3.63, 3.8) is 0 Å². The zero-order chi connectivity index (χ0) is 10.6. The van der Waals surface area contributed by atoms with Crippen LogP contribution in [0.15, 0.2) is 4.99 Å². The average molecular weight is 215 g/mol. The van der Waals surface area contributed by atoms with Crippen LogP contribution in [0.3, 0.4) is 0 Å². The van der Waals surface area contributed by atoms with Crippen molar-refractivity contribution in [1.29, 1.82) is 0 Å². The monoisotopic (exact) mass is 215 g/mol. The van der Waals surface area contributed by atoms with Crippen LogP contribution >= 0.6 is 11.8 Å². The number of nitrogens with one attached hydrogen (secondary N) is 1. The second-order valence-corrected chi connectivity index (χ2v) is 5.24. The molecule has 0 spiro atoms. The third-order valence-corrected chi connectivity index (χ3v) is 4.11. The maximum absolute atomic E-state index is 4.25. The van der Waals surface area contributed by atoms with Gasteiger partial charge in [0, 0.05) is 38.2 Å². The van der Waals surface area contributed by atoms with E-state index in [1.165, 1.54) is 5.75 Å². The third-order valence-electron chi connectivity index (χ3n) is 2.57. The van der Waals surface area contributed by atoms with Gasteiger partial charge in [-0.2, -0.15) is 11.8 Å². The molecule has 1 heterocycles. The van der Waals surface area contributed by atoms with Crippen LogP contribution in [0, 0.1) is 5.92 Å². The number of rotatable bonds is 1. The summed E-state index contributed by atoms with van der Waals surface area (Å²) in [6, 6.07) is 0. The normalized spacial score (nSPS) is 24.2. The Hall–Kier alpha value is -0.380. The molecule has 1 aliphatic rings. The summed E-state index contributed by atoms with van der Waals surface area (Å²) < 4.78 is 0. The summed E-state index contributed by atoms with van der Waals surface area (Å²) >= 11 is 2.09. The number of nitrogens with zero attached hydrogens (tertiary/aromatic N) is 2. The number of hydrogen-bond acceptors (Lipinski definition) is 2. The summed E-state index contributed by atoms with van der Waals surface area (Å²) in [5, 5.41) is 3.89. The standard InChI is InChI=1S/C10H21N3S/c1-8(2)9-7-13(5-6-14-9)10(11-3)12-4/h8-9H,5-7H2,1-4H3,(H,11,12). The zero-order valence-corrected chi connectivity index (χ0v) is 10.4. The Morgan fingerprint density at radius 2 is 2.29 bits per heavy atom. The lowest BCUT2D eigenvalue weighted by atomic mass is 10.1. The van der Waals surface area contributed by atoms with Gasteiger partial charge in [0.05, 0.1) is 0 Å². The molecular formula is C10H21N3S. The molecule has 82 valence electrons. The Morgan fingerprint density at radius 1 is 1.57 bits per heavy atom. The molecule has 0 bridgehead atoms. The molecule has 0 amide bonds. The first-order valence-corrected chi connectivity index (χ1v) is 6.25. The van der Waals surface area contributed by atoms with Gasteiger partial charge in [0.1, 0.15) is 0 Å². The predicted octanol–water partition coefficient (Wildman–Crippen LogP) is 1.26. The molecule has 0 saturated carbocycles. The molecule has 1 saturated heterocycles. The molecule has 0 aromatic heterocycles. The van der Waals surface area contributed by atoms with E-state index in [2.05, 4.69) is 40.8 Å². The molecule has 3 nitrogen and oxygen atoms in total. The molecular weight excluding hydrogens is 194 g/mol. The molecule has 0 radical (unpaired) electrons. The van der Waals surface area contributed by atoms with Crippen LogP contribution in [0.4, 0.5) is 0 Å². The van der Waals surface area contributed by atoms with Gasteiger partial charge in [-0.15, -0.1) is 0 Å². The highest BCUT2D eigenvalue weighted by Crippen LogP contribution is 2.24. The highest BCUT2D eigenvalue weighted by atomic mass is 32.2. The van der Waals surface area contributed by atoms with E-state index in [1.54, 1.807) is 0 Å². The molecule has 1 rings (SSSR count). The summed E-state index contributed by atoms with van der Waals surface area (Å²) in [4.78, 5) is 6.59. The number of hydrogen-bond donors (Lipinski definition) is 1. The number of aliphatic imine (C=N–C) groups is 1. The van der Waals surface area contributed by atoms with Crippen LogP contribution in [0.2, 0.25) is 0 Å². The lowest BCUT2D eigenvalue weighted by Gasteiger charge is -2.35. The lowest BCUT2D eigenvalue weighted by Crippen LogP contribution is -2.48. The van der Waals surface area contributed by atoms with E-state index in [1.807, 2.05) is 14.1 Å². The van der Waals surface area contributed by atoms with Crippen LogP contribution in [0.1, 0.15) is 13.8 Å². The summed E-state index contributed by atoms with van der Waals surface area (Å²) in [5.41, 5.74) is 0. The van der Waals surface area contributed by atoms with Crippen molar-refractivity contribution in [2.45, 2.75) is 19.1 Å². The molecule has 4 heteroatoms. The third kappa shape index (κ3) is 2.80. The largest absolute Gasteiger partial charge is 0.359 e. The van der Waals surface area contributed by atoms with Crippen LogP contribution < -0.4 is 5.32 Å². The van der Waals surface area contributed by atoms with Crippen molar-refractivity contribution in [3.8, 4) is 0 Å². The van der Waals surface area contributed by atoms with E-state index in [-0.39, 0.29) is 0 Å². The van der Waals surface area contributed by atoms with Gasteiger partial charge in [-0.25, -0.2) is 0 Å². The van der Waals surface area contributed by atoms with Crippen LogP contribution in [0.25, 0.3) is 0 Å². The smallest absolute Gasteiger partial charge is 0.193 e. The Kier molecular flexibility index (Phi) is 4.58. The van der Waals surface area contributed by atoms with Crippen molar-refractivity contribution >= 4 is 17.7 Å². The molecule has 1 atom stereocenters. The van der Waals surface area contributed by atoms with E-state index in [4.69, 9.17) is 0 Å². The van der Waals surface area contributed by atoms with Gasteiger partial charge >= 0.3 is 0 Å². The molecule has 1 unspecified atom stereocenters. The van der Waals surface area contributed by atoms with Gasteiger partial charge in [-0.05, 0) is 5.92 Å². The van der Waals surface area contributed by atoms with E-state index in [0.29, 0.717) is 0 Å². The van der Waals surface area contributed by atoms with E-state index in [9.17, 15) is 0 Å². The molecule has 1 aliphatic heterocycles. The summed E-state index contributed by atoms with van der Waals surface area (Å²) in [6.45, 7) is 6.82. The fourth-order valence-corrected chi connectivity index (χ4v) is 2.98. The van der Waals surface area contributed by atoms with Gasteiger partial charge < -0.3 is 10.2 Å². The maximum Gasteiger partial charge on any atom is 0.193 e. The first kappa shape index (κ1) is 11.7. The second kappa shape index (κ2) is 5.49. The Bertz CT molecular complexity index is 204. The summed E-state index contributed by atoms with van der Waals surface area (Å²) in [5.74, 6) is 2.98. The zero-order valence-electron chi connectivity index (χ0n) is 9.58. The fourth-order valence-electron chi connectivity index (χ4n) is 1.68. The van der Waals surface area contributed by atoms with E-state index in [0.717, 1.165) is 30.2 Å². The van der Waals surface area contributed by atoms with E-state index < -0.39 is 0 Å². The highest BCUT2D eigenvalue weighted by Gasteiger charge is 2.24. The molecule has 14 heavy (non-hydrogen) atoms. The molecule has 0 aliphatic carbocycles. The van der Waals surface area contributed by atoms with Crippen molar-refractivity contribution < 1.29 is 0 Å². The minimum absolute atomic E-state index is 0.744. The molecule has 1 fully saturated rings. The van der Waals surface area contributed by atoms with Gasteiger partial charge in [-0.1, -0.05) is 13.8 Å². The lowest BCUT2D eigenvalue weighted by molar-refractivity contribution is 0.383. The van der Waals surface area contributed by atoms with Crippen LogP contribution in [0.5, 0.6) is 0 Å². The minimum Gasteiger partial charge on any atom is -0.359 e. The number of thioether (sulfide) groups is 1. The number of guanidine groups is 1. The Morgan fingerprint density at radius 3 is 2.79 bits per heavy atom. The molecule has 1 N–H and O–H groups in total. The van der Waals surface area contributed by atoms with Crippen molar-refractivity contribution in [1.82, 2.24) is 10.2 Å². The average Bonchev–Trinajstić information content (AvgIpc) is 2.20. The van der Waals surface area contributed by atoms with Gasteiger partial charge in [0.25, 0.3) is 0 Å². The van der Waals surface area contributed by atoms with Crippen molar-refractivity contribution in [2.75, 3.05) is 32.9 Å². The van der Waals surface area contributed by atoms with Gasteiger partial charge in [0.15, 0.2) is 5.96 Å². The van der Waals surface area contributed by atoms with Crippen molar-refractivity contribution in [3.05, 3.63) is 0 Å². The second-order valence-electron chi connectivity index (χ2n) is 3.90. The van der Waals surface area contributed by atoms with Gasteiger partial charge in [0.2, 0.25) is 0 Å². The Labute approximate surface area is 91.3 Å². The first-order valence-electron chi connectivity index (χ1n) is 5.20.